The van der Waals surface area contributed by atoms with Gasteiger partial charge in [-0.05, 0) is 0 Å². The highest BCUT2D eigenvalue weighted by Gasteiger charge is 2.56. The topological polar surface area (TPSA) is 44.8 Å². The van der Waals surface area contributed by atoms with Gasteiger partial charge in [-0.15, -0.1) is 34.8 Å². The molecule has 0 N–H and O–H groups in total. The van der Waals surface area contributed by atoms with Gasteiger partial charge in [-0.25, -0.2) is 18.1 Å². The van der Waals surface area contributed by atoms with Crippen LogP contribution in [-0.4, -0.2) is 13.6 Å². The lowest BCUT2D eigenvalue weighted by atomic mass is 10.1. The molecule has 3 atom stereocenters. The fraction of sp³-hybridized carbons (Fsp3) is 0.250. The summed E-state index contributed by atoms with van der Waals surface area (Å²) in [6.07, 6.45) is 0. The monoisotopic (exact) mass is 1230 g/mol. The smallest absolute Gasteiger partial charge is 0.247 e. The molecule has 0 aromatic heterocycles. The van der Waals surface area contributed by atoms with E-state index < -0.39 is 84.3 Å². The molecule has 3 aromatic rings. The van der Waals surface area contributed by atoms with Gasteiger partial charge in [-0.2, -0.15) is 0 Å². The third-order valence-corrected chi connectivity index (χ3v) is 19.2. The number of hydrogen-bond donors (Lipinski definition) is 0. The Labute approximate surface area is 420 Å². The van der Waals surface area contributed by atoms with Crippen LogP contribution >= 0.6 is 286 Å². The first kappa shape index (κ1) is 52.1. The third-order valence-electron chi connectivity index (χ3n) is 6.08. The van der Waals surface area contributed by atoms with Crippen molar-refractivity contribution in [1.82, 2.24) is 0 Å². The van der Waals surface area contributed by atoms with Gasteiger partial charge in [-0.3, -0.25) is 0 Å². The zero-order valence-electron chi connectivity index (χ0n) is 23.4. The molecule has 0 bridgehead atoms. The van der Waals surface area contributed by atoms with E-state index in [9.17, 15) is 4.57 Å². The largest absolute Gasteiger partial charge is 0.483 e. The van der Waals surface area contributed by atoms with Crippen molar-refractivity contribution in [2.24, 2.45) is 0 Å². The molecule has 296 valence electrons. The number of alkyl halides is 9. The Kier molecular flexibility index (Phi) is 19.3. The molecule has 0 radical (unpaired) electrons. The molecule has 29 heteroatoms. The predicted molar refractivity (Wildman–Crippen MR) is 234 cm³/mol. The molecular weight excluding hydrogens is 1230 g/mol. The quantitative estimate of drug-likeness (QED) is 0.0785. The zero-order chi connectivity index (χ0) is 41.2. The van der Waals surface area contributed by atoms with Crippen LogP contribution in [0.4, 0.5) is 0 Å². The van der Waals surface area contributed by atoms with Crippen molar-refractivity contribution < 1.29 is 18.1 Å². The van der Waals surface area contributed by atoms with E-state index in [4.69, 9.17) is 292 Å². The fourth-order valence-corrected chi connectivity index (χ4v) is 12.6. The summed E-state index contributed by atoms with van der Waals surface area (Å²) >= 11 is 152. The van der Waals surface area contributed by atoms with Gasteiger partial charge in [0.25, 0.3) is 0 Å². The van der Waals surface area contributed by atoms with Crippen LogP contribution in [-0.2, 0) is 18.1 Å². The average molecular weight is 1240 g/mol. The Balaban J connectivity index is 2.25. The van der Waals surface area contributed by atoms with E-state index in [1.807, 2.05) is 0 Å². The standard InChI is InChI=1S/C24H3Cl24O4P/c25-4-1(5(26)11(32)16(37)10(4)31)19(40)22(43,44)50-53(49,51-23(45,46)20(41)2-6(27)12(33)17(38)13(34)7(2)28)52-24(47,48)21(42)3-8(29)14(35)18(39)15(36)9(3)30/h19-21H. The molecular formula is C24H3Cl24O4P. The van der Waals surface area contributed by atoms with E-state index in [2.05, 4.69) is 0 Å². The summed E-state index contributed by atoms with van der Waals surface area (Å²) in [6, 6.07) is 0. The molecule has 0 spiro atoms. The molecule has 0 fully saturated rings. The van der Waals surface area contributed by atoms with Crippen LogP contribution in [0.3, 0.4) is 0 Å². The van der Waals surface area contributed by atoms with E-state index in [0.717, 1.165) is 0 Å². The van der Waals surface area contributed by atoms with Gasteiger partial charge in [-0.1, -0.05) is 244 Å². The second-order valence-electron chi connectivity index (χ2n) is 9.44. The van der Waals surface area contributed by atoms with Crippen LogP contribution < -0.4 is 0 Å². The van der Waals surface area contributed by atoms with E-state index in [1.165, 1.54) is 0 Å². The Hall–Kier alpha value is 4.73. The molecule has 0 saturated heterocycles. The molecule has 3 unspecified atom stereocenters. The highest BCUT2D eigenvalue weighted by atomic mass is 35.5. The number of phosphoric ester groups is 1. The van der Waals surface area contributed by atoms with Crippen LogP contribution in [0.25, 0.3) is 0 Å². The Bertz CT molecular complexity index is 1700. The van der Waals surface area contributed by atoms with Gasteiger partial charge in [0.15, 0.2) is 0 Å². The molecule has 0 amide bonds. The maximum absolute atomic E-state index is 14.8. The van der Waals surface area contributed by atoms with Crippen molar-refractivity contribution in [3.63, 3.8) is 0 Å². The van der Waals surface area contributed by atoms with Gasteiger partial charge in [0, 0.05) is 16.7 Å². The second-order valence-corrected chi connectivity index (χ2v) is 21.8. The summed E-state index contributed by atoms with van der Waals surface area (Å²) in [4.78, 5) is 0. The maximum atomic E-state index is 14.8. The Morgan fingerprint density at radius 2 is 0.453 bits per heavy atom. The molecule has 3 rings (SSSR count). The molecule has 0 aliphatic heterocycles. The van der Waals surface area contributed by atoms with E-state index in [-0.39, 0.29) is 45.2 Å². The van der Waals surface area contributed by atoms with Crippen molar-refractivity contribution in [2.45, 2.75) is 29.7 Å². The van der Waals surface area contributed by atoms with Crippen molar-refractivity contribution >= 4 is 286 Å². The van der Waals surface area contributed by atoms with Crippen LogP contribution in [0.2, 0.25) is 75.3 Å². The van der Waals surface area contributed by atoms with Gasteiger partial charge in [0.05, 0.1) is 75.3 Å². The second kappa shape index (κ2) is 19.6. The maximum Gasteiger partial charge on any atom is 0.483 e. The highest BCUT2D eigenvalue weighted by Crippen LogP contribution is 2.69. The summed E-state index contributed by atoms with van der Waals surface area (Å²) in [5.41, 5.74) is -1.26. The van der Waals surface area contributed by atoms with Crippen LogP contribution in [0.1, 0.15) is 32.8 Å². The highest BCUT2D eigenvalue weighted by molar-refractivity contribution is 7.49. The van der Waals surface area contributed by atoms with Crippen LogP contribution in [0.15, 0.2) is 0 Å². The van der Waals surface area contributed by atoms with Crippen molar-refractivity contribution in [3.05, 3.63) is 92.0 Å². The molecule has 3 aromatic carbocycles. The molecule has 0 aliphatic rings. The normalized spacial score (nSPS) is 15.8. The van der Waals surface area contributed by atoms with Gasteiger partial charge in [0.2, 0.25) is 13.6 Å². The first-order valence-corrected chi connectivity index (χ1v) is 22.9. The van der Waals surface area contributed by atoms with Crippen molar-refractivity contribution in [2.75, 3.05) is 0 Å². The molecule has 0 saturated carbocycles. The summed E-state index contributed by atoms with van der Waals surface area (Å²) in [5.74, 6) is 0. The zero-order valence-corrected chi connectivity index (χ0v) is 42.4. The van der Waals surface area contributed by atoms with Gasteiger partial charge < -0.3 is 0 Å². The fourth-order valence-electron chi connectivity index (χ4n) is 3.68. The number of benzene rings is 3. The predicted octanol–water partition coefficient (Wildman–Crippen LogP) is 21.3. The first-order chi connectivity index (χ1) is 23.9. The third kappa shape index (κ3) is 10.9. The number of hydrogen-bond acceptors (Lipinski definition) is 4. The van der Waals surface area contributed by atoms with Crippen LogP contribution in [0.5, 0.6) is 0 Å². The molecule has 4 nitrogen and oxygen atoms in total. The number of phosphoric acid groups is 1. The van der Waals surface area contributed by atoms with E-state index in [0.29, 0.717) is 0 Å². The number of rotatable bonds is 12. The SMILES string of the molecule is O=P(OC(Cl)(Cl)C(Cl)c1c(Cl)c(Cl)c(Cl)c(Cl)c1Cl)(OC(Cl)(Cl)C(Cl)c1c(Cl)c(Cl)c(Cl)c(Cl)c1Cl)OC(Cl)(Cl)C(Cl)c1c(Cl)c(Cl)c(Cl)c(Cl)c1Cl. The summed E-state index contributed by atoms with van der Waals surface area (Å²) < 4.78 is 21.7. The van der Waals surface area contributed by atoms with Crippen LogP contribution in [0, 0.1) is 0 Å². The molecule has 53 heavy (non-hydrogen) atoms. The Morgan fingerprint density at radius 1 is 0.321 bits per heavy atom. The van der Waals surface area contributed by atoms with E-state index >= 15 is 0 Å². The summed E-state index contributed by atoms with van der Waals surface area (Å²) in [7, 11) is -5.88. The lowest BCUT2D eigenvalue weighted by Gasteiger charge is -2.37. The van der Waals surface area contributed by atoms with Gasteiger partial charge in [0.1, 0.15) is 16.1 Å². The minimum atomic E-state index is -5.88. The Morgan fingerprint density at radius 3 is 0.604 bits per heavy atom. The molecule has 0 aliphatic carbocycles. The minimum Gasteiger partial charge on any atom is -0.247 e. The summed E-state index contributed by atoms with van der Waals surface area (Å²) in [6.45, 7) is 0. The first-order valence-electron chi connectivity index (χ1n) is 12.2. The van der Waals surface area contributed by atoms with Gasteiger partial charge >= 0.3 is 7.82 Å². The summed E-state index contributed by atoms with van der Waals surface area (Å²) in [5, 5.41) is -11.7. The van der Waals surface area contributed by atoms with Crippen molar-refractivity contribution in [3.8, 4) is 0 Å². The average Bonchev–Trinajstić information content (AvgIpc) is 3.05. The number of halogens is 24. The minimum absolute atomic E-state index is 0.284. The lowest BCUT2D eigenvalue weighted by Crippen LogP contribution is -2.32. The van der Waals surface area contributed by atoms with Crippen molar-refractivity contribution in [1.29, 1.82) is 0 Å². The lowest BCUT2D eigenvalue weighted by molar-refractivity contribution is 0.0518. The van der Waals surface area contributed by atoms with E-state index in [1.54, 1.807) is 0 Å². The molecule has 0 heterocycles.